The summed E-state index contributed by atoms with van der Waals surface area (Å²) < 4.78 is 0. The molecule has 0 aliphatic carbocycles. The van der Waals surface area contributed by atoms with E-state index in [2.05, 4.69) is 21.3 Å². The Morgan fingerprint density at radius 2 is 1.57 bits per heavy atom. The summed E-state index contributed by atoms with van der Waals surface area (Å²) in [7, 11) is 0. The standard InChI is InChI=1S/C22H27ClN4O3/c1-4-5-20(28)27-17-10-11-18(23)19(12-17)24-13-21(29)26-16-8-6-15(7-9-16)22(30)25-14(2)3/h6-12,14,24H,4-5,13H2,1-3H3,(H,25,30)(H,26,29)(H,27,28). The molecule has 2 rings (SSSR count). The highest BCUT2D eigenvalue weighted by atomic mass is 35.5. The maximum absolute atomic E-state index is 12.2. The summed E-state index contributed by atoms with van der Waals surface area (Å²) in [6, 6.07) is 11.7. The lowest BCUT2D eigenvalue weighted by Gasteiger charge is -2.12. The zero-order valence-electron chi connectivity index (χ0n) is 17.3. The van der Waals surface area contributed by atoms with Gasteiger partial charge in [-0.05, 0) is 62.7 Å². The number of carbonyl (C=O) groups is 3. The molecule has 0 fully saturated rings. The number of rotatable bonds is 9. The first kappa shape index (κ1) is 23.2. The summed E-state index contributed by atoms with van der Waals surface area (Å²) in [5.74, 6) is -0.509. The smallest absolute Gasteiger partial charge is 0.251 e. The Morgan fingerprint density at radius 3 is 2.20 bits per heavy atom. The number of hydrogen-bond acceptors (Lipinski definition) is 4. The highest BCUT2D eigenvalue weighted by Crippen LogP contribution is 2.25. The van der Waals surface area contributed by atoms with Crippen molar-refractivity contribution in [3.8, 4) is 0 Å². The van der Waals surface area contributed by atoms with Crippen LogP contribution in [-0.4, -0.2) is 30.3 Å². The molecule has 0 bridgehead atoms. The Labute approximate surface area is 181 Å². The molecule has 0 heterocycles. The van der Waals surface area contributed by atoms with E-state index < -0.39 is 0 Å². The quantitative estimate of drug-likeness (QED) is 0.477. The lowest BCUT2D eigenvalue weighted by molar-refractivity contribution is -0.116. The van der Waals surface area contributed by atoms with E-state index in [1.165, 1.54) is 0 Å². The molecule has 0 radical (unpaired) electrons. The molecule has 4 N–H and O–H groups in total. The second-order valence-electron chi connectivity index (χ2n) is 7.10. The van der Waals surface area contributed by atoms with E-state index in [1.54, 1.807) is 42.5 Å². The van der Waals surface area contributed by atoms with Crippen LogP contribution >= 0.6 is 11.6 Å². The van der Waals surface area contributed by atoms with Crippen molar-refractivity contribution in [3.05, 3.63) is 53.1 Å². The zero-order chi connectivity index (χ0) is 22.1. The van der Waals surface area contributed by atoms with Gasteiger partial charge in [0.05, 0.1) is 17.3 Å². The molecule has 2 aromatic carbocycles. The van der Waals surface area contributed by atoms with Crippen LogP contribution in [-0.2, 0) is 9.59 Å². The number of anilines is 3. The van der Waals surface area contributed by atoms with Crippen molar-refractivity contribution >= 4 is 46.4 Å². The molecular weight excluding hydrogens is 404 g/mol. The number of carbonyl (C=O) groups excluding carboxylic acids is 3. The summed E-state index contributed by atoms with van der Waals surface area (Å²) in [6.45, 7) is 5.70. The second-order valence-corrected chi connectivity index (χ2v) is 7.51. The maximum atomic E-state index is 12.2. The molecule has 160 valence electrons. The predicted molar refractivity (Wildman–Crippen MR) is 121 cm³/mol. The minimum absolute atomic E-state index is 0.0122. The first-order valence-corrected chi connectivity index (χ1v) is 10.2. The van der Waals surface area contributed by atoms with Gasteiger partial charge in [-0.25, -0.2) is 0 Å². The molecule has 8 heteroatoms. The van der Waals surface area contributed by atoms with Crippen LogP contribution in [0.2, 0.25) is 5.02 Å². The van der Waals surface area contributed by atoms with Crippen molar-refractivity contribution in [1.29, 1.82) is 0 Å². The molecule has 0 aliphatic rings. The predicted octanol–water partition coefficient (Wildman–Crippen LogP) is 4.27. The minimum atomic E-state index is -0.272. The largest absolute Gasteiger partial charge is 0.375 e. The molecule has 0 aromatic heterocycles. The van der Waals surface area contributed by atoms with Crippen LogP contribution in [0.4, 0.5) is 17.1 Å². The van der Waals surface area contributed by atoms with Crippen LogP contribution in [0.5, 0.6) is 0 Å². The summed E-state index contributed by atoms with van der Waals surface area (Å²) >= 11 is 6.18. The van der Waals surface area contributed by atoms with Gasteiger partial charge in [-0.2, -0.15) is 0 Å². The van der Waals surface area contributed by atoms with Crippen molar-refractivity contribution in [2.24, 2.45) is 0 Å². The van der Waals surface area contributed by atoms with Gasteiger partial charge in [0.2, 0.25) is 11.8 Å². The normalized spacial score (nSPS) is 10.4. The first-order valence-electron chi connectivity index (χ1n) is 9.82. The fraction of sp³-hybridized carbons (Fsp3) is 0.318. The van der Waals surface area contributed by atoms with Crippen molar-refractivity contribution in [2.45, 2.75) is 39.7 Å². The van der Waals surface area contributed by atoms with Gasteiger partial charge in [0.25, 0.3) is 5.91 Å². The molecule has 0 saturated heterocycles. The van der Waals surface area contributed by atoms with Gasteiger partial charge < -0.3 is 21.3 Å². The van der Waals surface area contributed by atoms with Gasteiger partial charge in [0.1, 0.15) is 0 Å². The lowest BCUT2D eigenvalue weighted by atomic mass is 10.2. The molecule has 0 spiro atoms. The van der Waals surface area contributed by atoms with Crippen LogP contribution < -0.4 is 21.3 Å². The highest BCUT2D eigenvalue weighted by Gasteiger charge is 2.09. The second kappa shape index (κ2) is 11.2. The van der Waals surface area contributed by atoms with Crippen LogP contribution in [0.1, 0.15) is 44.0 Å². The molecule has 3 amide bonds. The van der Waals surface area contributed by atoms with Gasteiger partial charge in [-0.15, -0.1) is 0 Å². The van der Waals surface area contributed by atoms with Crippen molar-refractivity contribution in [2.75, 3.05) is 22.5 Å². The molecular formula is C22H27ClN4O3. The van der Waals surface area contributed by atoms with Gasteiger partial charge in [-0.1, -0.05) is 18.5 Å². The van der Waals surface area contributed by atoms with E-state index in [-0.39, 0.29) is 30.3 Å². The number of hydrogen-bond donors (Lipinski definition) is 4. The molecule has 7 nitrogen and oxygen atoms in total. The van der Waals surface area contributed by atoms with Crippen LogP contribution in [0.25, 0.3) is 0 Å². The van der Waals surface area contributed by atoms with E-state index >= 15 is 0 Å². The summed E-state index contributed by atoms with van der Waals surface area (Å²) in [5.41, 5.74) is 2.25. The lowest BCUT2D eigenvalue weighted by Crippen LogP contribution is -2.30. The monoisotopic (exact) mass is 430 g/mol. The number of amides is 3. The Hall–Kier alpha value is -3.06. The van der Waals surface area contributed by atoms with Crippen LogP contribution in [0.3, 0.4) is 0 Å². The summed E-state index contributed by atoms with van der Waals surface area (Å²) in [6.07, 6.45) is 1.19. The van der Waals surface area contributed by atoms with Crippen LogP contribution in [0.15, 0.2) is 42.5 Å². The van der Waals surface area contributed by atoms with E-state index in [9.17, 15) is 14.4 Å². The zero-order valence-corrected chi connectivity index (χ0v) is 18.1. The van der Waals surface area contributed by atoms with Gasteiger partial charge in [0, 0.05) is 29.4 Å². The maximum Gasteiger partial charge on any atom is 0.251 e. The fourth-order valence-electron chi connectivity index (χ4n) is 2.62. The van der Waals surface area contributed by atoms with Gasteiger partial charge >= 0.3 is 0 Å². The van der Waals surface area contributed by atoms with E-state index in [1.807, 2.05) is 20.8 Å². The van der Waals surface area contributed by atoms with E-state index in [4.69, 9.17) is 11.6 Å². The molecule has 0 unspecified atom stereocenters. The molecule has 2 aromatic rings. The third-order valence-corrected chi connectivity index (χ3v) is 4.35. The Morgan fingerprint density at radius 1 is 0.933 bits per heavy atom. The molecule has 0 atom stereocenters. The Kier molecular flexibility index (Phi) is 8.68. The topological polar surface area (TPSA) is 99.3 Å². The minimum Gasteiger partial charge on any atom is -0.375 e. The highest BCUT2D eigenvalue weighted by molar-refractivity contribution is 6.33. The molecule has 0 saturated carbocycles. The number of halogens is 1. The van der Waals surface area contributed by atoms with Crippen LogP contribution in [0, 0.1) is 0 Å². The SMILES string of the molecule is CCCC(=O)Nc1ccc(Cl)c(NCC(=O)Nc2ccc(C(=O)NC(C)C)cc2)c1. The van der Waals surface area contributed by atoms with Crippen molar-refractivity contribution in [1.82, 2.24) is 5.32 Å². The van der Waals surface area contributed by atoms with Crippen molar-refractivity contribution < 1.29 is 14.4 Å². The average Bonchev–Trinajstić information content (AvgIpc) is 2.68. The summed E-state index contributed by atoms with van der Waals surface area (Å²) in [4.78, 5) is 35.9. The number of benzene rings is 2. The fourth-order valence-corrected chi connectivity index (χ4v) is 2.80. The average molecular weight is 431 g/mol. The molecule has 0 aliphatic heterocycles. The van der Waals surface area contributed by atoms with Crippen molar-refractivity contribution in [3.63, 3.8) is 0 Å². The van der Waals surface area contributed by atoms with E-state index in [0.717, 1.165) is 6.42 Å². The Bertz CT molecular complexity index is 898. The van der Waals surface area contributed by atoms with Gasteiger partial charge in [-0.3, -0.25) is 14.4 Å². The van der Waals surface area contributed by atoms with E-state index in [0.29, 0.717) is 34.1 Å². The summed E-state index contributed by atoms with van der Waals surface area (Å²) in [5, 5.41) is 11.8. The third kappa shape index (κ3) is 7.40. The van der Waals surface area contributed by atoms with Gasteiger partial charge in [0.15, 0.2) is 0 Å². The first-order chi connectivity index (χ1) is 14.3. The Balaban J connectivity index is 1.91. The third-order valence-electron chi connectivity index (χ3n) is 4.02. The molecule has 30 heavy (non-hydrogen) atoms. The number of nitrogens with one attached hydrogen (secondary N) is 4.